The van der Waals surface area contributed by atoms with Crippen LogP contribution < -0.4 is 5.32 Å². The van der Waals surface area contributed by atoms with Crippen molar-refractivity contribution in [1.82, 2.24) is 5.32 Å². The van der Waals surface area contributed by atoms with Crippen LogP contribution in [-0.4, -0.2) is 35.9 Å². The third kappa shape index (κ3) is 4.10. The van der Waals surface area contributed by atoms with Crippen molar-refractivity contribution in [3.8, 4) is 0 Å². The van der Waals surface area contributed by atoms with Crippen molar-refractivity contribution in [1.29, 1.82) is 0 Å². The molecule has 16 heavy (non-hydrogen) atoms. The molecule has 1 saturated heterocycles. The first-order valence-corrected chi connectivity index (χ1v) is 5.98. The average molecular weight is 229 g/mol. The van der Waals surface area contributed by atoms with Gasteiger partial charge in [0.05, 0.1) is 11.6 Å². The SMILES string of the molecule is CC(O)C(C)(C)NC(=O)CC1CCOCC1. The van der Waals surface area contributed by atoms with Gasteiger partial charge in [0.15, 0.2) is 0 Å². The summed E-state index contributed by atoms with van der Waals surface area (Å²) in [5, 5.41) is 12.4. The zero-order valence-electron chi connectivity index (χ0n) is 10.5. The molecule has 1 rings (SSSR count). The van der Waals surface area contributed by atoms with Crippen LogP contribution in [0.1, 0.15) is 40.0 Å². The number of carbonyl (C=O) groups excluding carboxylic acids is 1. The summed E-state index contributed by atoms with van der Waals surface area (Å²) < 4.78 is 5.25. The van der Waals surface area contributed by atoms with Gasteiger partial charge in [-0.3, -0.25) is 4.79 Å². The van der Waals surface area contributed by atoms with Crippen molar-refractivity contribution >= 4 is 5.91 Å². The van der Waals surface area contributed by atoms with Crippen LogP contribution in [0.4, 0.5) is 0 Å². The first-order valence-electron chi connectivity index (χ1n) is 5.98. The van der Waals surface area contributed by atoms with E-state index in [2.05, 4.69) is 5.32 Å². The quantitative estimate of drug-likeness (QED) is 0.758. The van der Waals surface area contributed by atoms with E-state index in [1.807, 2.05) is 13.8 Å². The Morgan fingerprint density at radius 3 is 2.56 bits per heavy atom. The number of amides is 1. The van der Waals surface area contributed by atoms with Gasteiger partial charge in [-0.15, -0.1) is 0 Å². The highest BCUT2D eigenvalue weighted by Gasteiger charge is 2.27. The molecule has 0 spiro atoms. The van der Waals surface area contributed by atoms with Crippen molar-refractivity contribution in [2.75, 3.05) is 13.2 Å². The van der Waals surface area contributed by atoms with E-state index in [-0.39, 0.29) is 5.91 Å². The Bertz CT molecular complexity index is 232. The largest absolute Gasteiger partial charge is 0.391 e. The molecule has 1 heterocycles. The van der Waals surface area contributed by atoms with E-state index in [1.165, 1.54) is 0 Å². The normalized spacial score (nSPS) is 20.5. The van der Waals surface area contributed by atoms with Gasteiger partial charge in [-0.1, -0.05) is 0 Å². The molecule has 4 heteroatoms. The Hall–Kier alpha value is -0.610. The van der Waals surface area contributed by atoms with Crippen LogP contribution in [0.5, 0.6) is 0 Å². The van der Waals surface area contributed by atoms with Crippen LogP contribution in [0.3, 0.4) is 0 Å². The number of hydrogen-bond acceptors (Lipinski definition) is 3. The molecular formula is C12H23NO3. The number of carbonyl (C=O) groups is 1. The van der Waals surface area contributed by atoms with E-state index in [4.69, 9.17) is 4.74 Å². The predicted octanol–water partition coefficient (Wildman–Crippen LogP) is 1.08. The number of aliphatic hydroxyl groups excluding tert-OH is 1. The number of aliphatic hydroxyl groups is 1. The molecule has 1 unspecified atom stereocenters. The van der Waals surface area contributed by atoms with Crippen molar-refractivity contribution < 1.29 is 14.6 Å². The first kappa shape index (κ1) is 13.5. The van der Waals surface area contributed by atoms with E-state index in [0.29, 0.717) is 12.3 Å². The summed E-state index contributed by atoms with van der Waals surface area (Å²) in [5.74, 6) is 0.455. The minimum atomic E-state index is -0.553. The third-order valence-corrected chi connectivity index (χ3v) is 3.32. The summed E-state index contributed by atoms with van der Waals surface area (Å²) >= 11 is 0. The fourth-order valence-corrected chi connectivity index (χ4v) is 1.73. The molecule has 4 nitrogen and oxygen atoms in total. The van der Waals surface area contributed by atoms with E-state index < -0.39 is 11.6 Å². The van der Waals surface area contributed by atoms with Crippen LogP contribution in [0, 0.1) is 5.92 Å². The van der Waals surface area contributed by atoms with Gasteiger partial charge in [0.2, 0.25) is 5.91 Å². The lowest BCUT2D eigenvalue weighted by atomic mass is 9.94. The number of hydrogen-bond donors (Lipinski definition) is 2. The lowest BCUT2D eigenvalue weighted by Gasteiger charge is -2.30. The molecule has 0 radical (unpaired) electrons. The Kier molecular flexibility index (Phi) is 4.74. The highest BCUT2D eigenvalue weighted by atomic mass is 16.5. The zero-order valence-corrected chi connectivity index (χ0v) is 10.5. The molecule has 2 N–H and O–H groups in total. The van der Waals surface area contributed by atoms with Gasteiger partial charge in [-0.05, 0) is 39.5 Å². The Morgan fingerprint density at radius 2 is 2.06 bits per heavy atom. The second-order valence-electron chi connectivity index (χ2n) is 5.21. The molecule has 0 saturated carbocycles. The molecule has 1 aliphatic heterocycles. The van der Waals surface area contributed by atoms with Gasteiger partial charge in [0, 0.05) is 19.6 Å². The second kappa shape index (κ2) is 5.64. The van der Waals surface area contributed by atoms with E-state index in [1.54, 1.807) is 6.92 Å². The molecule has 0 aromatic carbocycles. The fourth-order valence-electron chi connectivity index (χ4n) is 1.73. The van der Waals surface area contributed by atoms with Crippen LogP contribution in [0.2, 0.25) is 0 Å². The van der Waals surface area contributed by atoms with E-state index in [9.17, 15) is 9.90 Å². The maximum absolute atomic E-state index is 11.8. The van der Waals surface area contributed by atoms with Crippen molar-refractivity contribution in [3.05, 3.63) is 0 Å². The number of rotatable bonds is 4. The summed E-state index contributed by atoms with van der Waals surface area (Å²) in [6.07, 6.45) is 1.91. The predicted molar refractivity (Wildman–Crippen MR) is 62.1 cm³/mol. The van der Waals surface area contributed by atoms with Crippen LogP contribution in [0.15, 0.2) is 0 Å². The van der Waals surface area contributed by atoms with Gasteiger partial charge in [0.1, 0.15) is 0 Å². The summed E-state index contributed by atoms with van der Waals surface area (Å²) in [6, 6.07) is 0. The molecule has 94 valence electrons. The van der Waals surface area contributed by atoms with Crippen LogP contribution in [-0.2, 0) is 9.53 Å². The molecule has 0 bridgehead atoms. The van der Waals surface area contributed by atoms with Gasteiger partial charge >= 0.3 is 0 Å². The lowest BCUT2D eigenvalue weighted by molar-refractivity contribution is -0.125. The zero-order chi connectivity index (χ0) is 12.2. The molecule has 1 amide bonds. The number of nitrogens with one attached hydrogen (secondary N) is 1. The van der Waals surface area contributed by atoms with Gasteiger partial charge in [-0.2, -0.15) is 0 Å². The van der Waals surface area contributed by atoms with E-state index in [0.717, 1.165) is 26.1 Å². The first-order chi connectivity index (χ1) is 7.42. The fraction of sp³-hybridized carbons (Fsp3) is 0.917. The standard InChI is InChI=1S/C12H23NO3/c1-9(14)12(2,3)13-11(15)8-10-4-6-16-7-5-10/h9-10,14H,4-8H2,1-3H3,(H,13,15). The smallest absolute Gasteiger partial charge is 0.220 e. The summed E-state index contributed by atoms with van der Waals surface area (Å²) in [4.78, 5) is 11.8. The Balaban J connectivity index is 2.34. The topological polar surface area (TPSA) is 58.6 Å². The number of ether oxygens (including phenoxy) is 1. The van der Waals surface area contributed by atoms with Gasteiger partial charge in [-0.25, -0.2) is 0 Å². The lowest BCUT2D eigenvalue weighted by Crippen LogP contribution is -2.51. The third-order valence-electron chi connectivity index (χ3n) is 3.32. The monoisotopic (exact) mass is 229 g/mol. The Morgan fingerprint density at radius 1 is 1.50 bits per heavy atom. The highest BCUT2D eigenvalue weighted by molar-refractivity contribution is 5.77. The van der Waals surface area contributed by atoms with Crippen molar-refractivity contribution in [3.63, 3.8) is 0 Å². The van der Waals surface area contributed by atoms with Gasteiger partial charge < -0.3 is 15.2 Å². The molecule has 0 aromatic rings. The summed E-state index contributed by atoms with van der Waals surface area (Å²) in [6.45, 7) is 6.88. The Labute approximate surface area is 97.4 Å². The molecule has 0 aromatic heterocycles. The van der Waals surface area contributed by atoms with Gasteiger partial charge in [0.25, 0.3) is 0 Å². The maximum Gasteiger partial charge on any atom is 0.220 e. The van der Waals surface area contributed by atoms with Crippen LogP contribution in [0.25, 0.3) is 0 Å². The minimum Gasteiger partial charge on any atom is -0.391 e. The summed E-state index contributed by atoms with van der Waals surface area (Å²) in [5.41, 5.74) is -0.553. The summed E-state index contributed by atoms with van der Waals surface area (Å²) in [7, 11) is 0. The molecule has 1 fully saturated rings. The average Bonchev–Trinajstić information content (AvgIpc) is 2.17. The molecule has 0 aliphatic carbocycles. The molecule has 1 aliphatic rings. The van der Waals surface area contributed by atoms with Crippen molar-refractivity contribution in [2.45, 2.75) is 51.7 Å². The minimum absolute atomic E-state index is 0.0257. The van der Waals surface area contributed by atoms with Crippen LogP contribution >= 0.6 is 0 Å². The van der Waals surface area contributed by atoms with Crippen molar-refractivity contribution in [2.24, 2.45) is 5.92 Å². The second-order valence-corrected chi connectivity index (χ2v) is 5.21. The maximum atomic E-state index is 11.8. The highest BCUT2D eigenvalue weighted by Crippen LogP contribution is 2.19. The van der Waals surface area contributed by atoms with E-state index >= 15 is 0 Å². The molecule has 1 atom stereocenters. The molecular weight excluding hydrogens is 206 g/mol.